The molecule has 0 saturated carbocycles. The molecule has 1 saturated heterocycles. The van der Waals surface area contributed by atoms with Gasteiger partial charge in [0.15, 0.2) is 5.82 Å². The van der Waals surface area contributed by atoms with Gasteiger partial charge in [-0.25, -0.2) is 9.18 Å². The van der Waals surface area contributed by atoms with E-state index in [0.29, 0.717) is 25.2 Å². The lowest BCUT2D eigenvalue weighted by atomic mass is 10.2. The van der Waals surface area contributed by atoms with Gasteiger partial charge in [-0.05, 0) is 25.1 Å². The van der Waals surface area contributed by atoms with E-state index < -0.39 is 5.97 Å². The molecule has 0 bridgehead atoms. The second-order valence-electron chi connectivity index (χ2n) is 5.17. The first-order valence-electron chi connectivity index (χ1n) is 7.49. The van der Waals surface area contributed by atoms with E-state index in [0.717, 1.165) is 24.3 Å². The number of aromatic amines is 1. The highest BCUT2D eigenvalue weighted by Crippen LogP contribution is 2.25. The van der Waals surface area contributed by atoms with Crippen LogP contribution in [0.2, 0.25) is 0 Å². The summed E-state index contributed by atoms with van der Waals surface area (Å²) >= 11 is 0. The third-order valence-corrected chi connectivity index (χ3v) is 3.68. The van der Waals surface area contributed by atoms with Gasteiger partial charge < -0.3 is 14.5 Å². The third-order valence-electron chi connectivity index (χ3n) is 3.68. The summed E-state index contributed by atoms with van der Waals surface area (Å²) in [6.07, 6.45) is 0. The van der Waals surface area contributed by atoms with Crippen molar-refractivity contribution in [3.63, 3.8) is 0 Å². The van der Waals surface area contributed by atoms with Crippen LogP contribution in [0.15, 0.2) is 18.2 Å². The highest BCUT2D eigenvalue weighted by Gasteiger charge is 2.19. The maximum absolute atomic E-state index is 13.2. The largest absolute Gasteiger partial charge is 0.456 e. The molecule has 6 nitrogen and oxygen atoms in total. The number of rotatable bonds is 2. The lowest BCUT2D eigenvalue weighted by molar-refractivity contribution is -0.136. The molecular weight excluding hydrogens is 299 g/mol. The SMILES string of the molecule is CCOC(=O)C#CN1CCN(c2n[nH]c3cc(F)ccc23)CC1. The predicted molar refractivity (Wildman–Crippen MR) is 84.2 cm³/mol. The molecule has 0 atom stereocenters. The van der Waals surface area contributed by atoms with E-state index in [2.05, 4.69) is 27.1 Å². The van der Waals surface area contributed by atoms with Crippen molar-refractivity contribution in [1.82, 2.24) is 15.1 Å². The molecule has 120 valence electrons. The van der Waals surface area contributed by atoms with Crippen LogP contribution in [0.25, 0.3) is 10.9 Å². The summed E-state index contributed by atoms with van der Waals surface area (Å²) in [7, 11) is 0. The van der Waals surface area contributed by atoms with Gasteiger partial charge in [0.05, 0.1) is 12.1 Å². The Bertz CT molecular complexity index is 769. The minimum atomic E-state index is -0.504. The highest BCUT2D eigenvalue weighted by atomic mass is 19.1. The fourth-order valence-electron chi connectivity index (χ4n) is 2.54. The molecule has 7 heteroatoms. The summed E-state index contributed by atoms with van der Waals surface area (Å²) in [6, 6.07) is 7.42. The fraction of sp³-hybridized carbons (Fsp3) is 0.375. The number of hydrogen-bond donors (Lipinski definition) is 1. The fourth-order valence-corrected chi connectivity index (χ4v) is 2.54. The van der Waals surface area contributed by atoms with Crippen molar-refractivity contribution in [3.8, 4) is 12.0 Å². The van der Waals surface area contributed by atoms with Crippen molar-refractivity contribution in [1.29, 1.82) is 0 Å². The zero-order chi connectivity index (χ0) is 16.2. The quantitative estimate of drug-likeness (QED) is 0.669. The molecule has 0 radical (unpaired) electrons. The summed E-state index contributed by atoms with van der Waals surface area (Å²) in [5, 5.41) is 8.05. The van der Waals surface area contributed by atoms with Crippen LogP contribution in [0, 0.1) is 17.8 Å². The number of fused-ring (bicyclic) bond motifs is 1. The Balaban J connectivity index is 1.65. The molecule has 2 aromatic rings. The summed E-state index contributed by atoms with van der Waals surface area (Å²) in [6.45, 7) is 4.93. The maximum Gasteiger partial charge on any atom is 0.386 e. The number of esters is 1. The van der Waals surface area contributed by atoms with Crippen molar-refractivity contribution in [2.24, 2.45) is 0 Å². The van der Waals surface area contributed by atoms with Gasteiger partial charge in [-0.15, -0.1) is 0 Å². The number of hydrogen-bond acceptors (Lipinski definition) is 5. The van der Waals surface area contributed by atoms with Crippen molar-refractivity contribution in [3.05, 3.63) is 24.0 Å². The number of H-pyrrole nitrogens is 1. The lowest BCUT2D eigenvalue weighted by Gasteiger charge is -2.32. The standard InChI is InChI=1S/C16H17FN4O2/c1-2-23-15(22)5-6-20-7-9-21(10-8-20)16-13-4-3-12(17)11-14(13)18-19-16/h3-4,11H,2,7-10H2,1H3,(H,18,19). The number of piperazine rings is 1. The Morgan fingerprint density at radius 3 is 2.91 bits per heavy atom. The molecule has 0 spiro atoms. The van der Waals surface area contributed by atoms with Crippen LogP contribution < -0.4 is 4.90 Å². The van der Waals surface area contributed by atoms with Crippen molar-refractivity contribution in [2.45, 2.75) is 6.92 Å². The number of ether oxygens (including phenoxy) is 1. The van der Waals surface area contributed by atoms with Gasteiger partial charge in [0.2, 0.25) is 0 Å². The Kier molecular flexibility index (Phi) is 4.33. The summed E-state index contributed by atoms with van der Waals surface area (Å²) in [5.41, 5.74) is 0.685. The second-order valence-corrected chi connectivity index (χ2v) is 5.17. The van der Waals surface area contributed by atoms with E-state index in [1.165, 1.54) is 12.1 Å². The zero-order valence-electron chi connectivity index (χ0n) is 12.8. The molecule has 1 N–H and O–H groups in total. The summed E-state index contributed by atoms with van der Waals surface area (Å²) in [5.74, 6) is 2.50. The lowest BCUT2D eigenvalue weighted by Crippen LogP contribution is -2.44. The van der Waals surface area contributed by atoms with E-state index in [4.69, 9.17) is 4.74 Å². The molecular formula is C16H17FN4O2. The molecule has 1 aromatic carbocycles. The third kappa shape index (κ3) is 3.37. The molecule has 0 unspecified atom stereocenters. The minimum absolute atomic E-state index is 0.285. The van der Waals surface area contributed by atoms with Crippen molar-refractivity contribution < 1.29 is 13.9 Å². The summed E-state index contributed by atoms with van der Waals surface area (Å²) in [4.78, 5) is 15.2. The van der Waals surface area contributed by atoms with E-state index >= 15 is 0 Å². The highest BCUT2D eigenvalue weighted by molar-refractivity contribution is 5.90. The molecule has 1 aliphatic heterocycles. The van der Waals surface area contributed by atoms with Gasteiger partial charge in [-0.2, -0.15) is 5.10 Å². The smallest absolute Gasteiger partial charge is 0.386 e. The van der Waals surface area contributed by atoms with Gasteiger partial charge in [0.25, 0.3) is 0 Å². The first-order valence-corrected chi connectivity index (χ1v) is 7.49. The van der Waals surface area contributed by atoms with Crippen LogP contribution in [0.3, 0.4) is 0 Å². The molecule has 3 rings (SSSR count). The van der Waals surface area contributed by atoms with Gasteiger partial charge in [-0.3, -0.25) is 5.10 Å². The van der Waals surface area contributed by atoms with Gasteiger partial charge in [-0.1, -0.05) is 0 Å². The molecule has 23 heavy (non-hydrogen) atoms. The number of nitrogens with one attached hydrogen (secondary N) is 1. The van der Waals surface area contributed by atoms with Crippen LogP contribution in [-0.4, -0.2) is 53.9 Å². The molecule has 0 amide bonds. The second kappa shape index (κ2) is 6.57. The van der Waals surface area contributed by atoms with E-state index in [9.17, 15) is 9.18 Å². The van der Waals surface area contributed by atoms with Crippen LogP contribution in [0.4, 0.5) is 10.2 Å². The van der Waals surface area contributed by atoms with Crippen LogP contribution in [0.5, 0.6) is 0 Å². The van der Waals surface area contributed by atoms with Gasteiger partial charge in [0.1, 0.15) is 5.82 Å². The number of carbonyl (C=O) groups is 1. The Hall–Kier alpha value is -2.75. The number of halogens is 1. The minimum Gasteiger partial charge on any atom is -0.456 e. The molecule has 1 aromatic heterocycles. The normalized spacial score (nSPS) is 14.5. The Morgan fingerprint density at radius 1 is 1.39 bits per heavy atom. The monoisotopic (exact) mass is 316 g/mol. The molecule has 2 heterocycles. The van der Waals surface area contributed by atoms with Crippen molar-refractivity contribution >= 4 is 22.7 Å². The first kappa shape index (κ1) is 15.2. The number of anilines is 1. The first-order chi connectivity index (χ1) is 11.2. The van der Waals surface area contributed by atoms with Gasteiger partial charge >= 0.3 is 5.97 Å². The zero-order valence-corrected chi connectivity index (χ0v) is 12.8. The topological polar surface area (TPSA) is 61.5 Å². The molecule has 1 fully saturated rings. The average Bonchev–Trinajstić information content (AvgIpc) is 2.96. The van der Waals surface area contributed by atoms with E-state index in [-0.39, 0.29) is 5.82 Å². The Morgan fingerprint density at radius 2 is 2.17 bits per heavy atom. The number of nitrogens with zero attached hydrogens (tertiary/aromatic N) is 3. The summed E-state index contributed by atoms with van der Waals surface area (Å²) < 4.78 is 18.0. The Labute approximate surface area is 133 Å². The van der Waals surface area contributed by atoms with E-state index in [1.807, 2.05) is 4.90 Å². The van der Waals surface area contributed by atoms with E-state index in [1.54, 1.807) is 13.0 Å². The molecule has 0 aliphatic carbocycles. The van der Waals surface area contributed by atoms with Crippen LogP contribution in [0.1, 0.15) is 6.92 Å². The predicted octanol–water partition coefficient (Wildman–Crippen LogP) is 1.35. The van der Waals surface area contributed by atoms with Crippen LogP contribution >= 0.6 is 0 Å². The molecule has 1 aliphatic rings. The van der Waals surface area contributed by atoms with Gasteiger partial charge in [0, 0.05) is 43.5 Å². The number of benzene rings is 1. The van der Waals surface area contributed by atoms with Crippen LogP contribution in [-0.2, 0) is 9.53 Å². The van der Waals surface area contributed by atoms with Crippen molar-refractivity contribution in [2.75, 3.05) is 37.7 Å². The number of aromatic nitrogens is 2. The average molecular weight is 316 g/mol. The maximum atomic E-state index is 13.2. The number of carbonyl (C=O) groups excluding carboxylic acids is 1.